The number of nitrogens with zero attached hydrogens (tertiary/aromatic N) is 2. The number of likely N-dealkylation sites (N-methyl/N-ethyl adjacent to an activating group) is 2. The average molecular weight is 513 g/mol. The molecule has 0 aliphatic heterocycles. The van der Waals surface area contributed by atoms with Crippen LogP contribution in [0.4, 0.5) is 0 Å². The van der Waals surface area contributed by atoms with E-state index in [-0.39, 0.29) is 11.8 Å². The van der Waals surface area contributed by atoms with Gasteiger partial charge in [-0.05, 0) is 25.7 Å². The van der Waals surface area contributed by atoms with Gasteiger partial charge in [0.15, 0.2) is 13.1 Å². The van der Waals surface area contributed by atoms with Gasteiger partial charge in [-0.2, -0.15) is 0 Å². The second kappa shape index (κ2) is 21.9. The first-order valence-corrected chi connectivity index (χ1v) is 15.3. The highest BCUT2D eigenvalue weighted by Gasteiger charge is 2.21. The maximum Gasteiger partial charge on any atom is 0.275 e. The Kier molecular flexibility index (Phi) is 21.2. The van der Waals surface area contributed by atoms with Gasteiger partial charge in [0.05, 0.1) is 41.3 Å². The van der Waals surface area contributed by atoms with Crippen molar-refractivity contribution in [1.82, 2.24) is 10.6 Å². The number of hydrogen-bond donors (Lipinski definition) is 2. The molecular formula is C30H64N4O2+2. The van der Waals surface area contributed by atoms with Crippen LogP contribution in [0.1, 0.15) is 117 Å². The van der Waals surface area contributed by atoms with Crippen LogP contribution in [0.3, 0.4) is 0 Å². The maximum absolute atomic E-state index is 12.4. The van der Waals surface area contributed by atoms with Crippen LogP contribution in [0.25, 0.3) is 0 Å². The van der Waals surface area contributed by atoms with Crippen molar-refractivity contribution in [2.45, 2.75) is 117 Å². The number of quaternary nitrogens is 2. The number of carbonyl (C=O) groups excluding carboxylic acids is 2. The van der Waals surface area contributed by atoms with Gasteiger partial charge in [-0.1, -0.05) is 90.9 Å². The molecule has 0 saturated carbocycles. The molecule has 0 spiro atoms. The van der Waals surface area contributed by atoms with Crippen LogP contribution in [0.2, 0.25) is 0 Å². The minimum Gasteiger partial charge on any atom is -0.349 e. The average Bonchev–Trinajstić information content (AvgIpc) is 2.79. The number of nitrogens with one attached hydrogen (secondary N) is 2. The summed E-state index contributed by atoms with van der Waals surface area (Å²) in [5.41, 5.74) is 0. The highest BCUT2D eigenvalue weighted by Crippen LogP contribution is 2.11. The molecule has 36 heavy (non-hydrogen) atoms. The van der Waals surface area contributed by atoms with E-state index in [1.807, 2.05) is 0 Å². The van der Waals surface area contributed by atoms with Crippen molar-refractivity contribution in [2.24, 2.45) is 0 Å². The fourth-order valence-corrected chi connectivity index (χ4v) is 4.80. The van der Waals surface area contributed by atoms with Gasteiger partial charge in [-0.25, -0.2) is 0 Å². The molecule has 0 aromatic heterocycles. The molecule has 0 rings (SSSR count). The molecule has 0 aliphatic rings. The fraction of sp³-hybridized carbons (Fsp3) is 0.933. The molecule has 0 aromatic rings. The Labute approximate surface area is 225 Å². The molecule has 6 nitrogen and oxygen atoms in total. The Morgan fingerprint density at radius 2 is 0.750 bits per heavy atom. The second-order valence-electron chi connectivity index (χ2n) is 12.3. The molecule has 0 aromatic carbocycles. The van der Waals surface area contributed by atoms with Crippen LogP contribution < -0.4 is 10.6 Å². The predicted molar refractivity (Wildman–Crippen MR) is 155 cm³/mol. The van der Waals surface area contributed by atoms with E-state index in [4.69, 9.17) is 0 Å². The lowest BCUT2D eigenvalue weighted by Gasteiger charge is -2.29. The van der Waals surface area contributed by atoms with Crippen LogP contribution in [0, 0.1) is 0 Å². The predicted octanol–water partition coefficient (Wildman–Crippen LogP) is 5.65. The topological polar surface area (TPSA) is 58.2 Å². The first-order chi connectivity index (χ1) is 17.1. The minimum atomic E-state index is 0.0691. The highest BCUT2D eigenvalue weighted by molar-refractivity contribution is 5.78. The number of unbranched alkanes of at least 4 members (excludes halogenated alkanes) is 14. The van der Waals surface area contributed by atoms with E-state index >= 15 is 0 Å². The number of carbonyl (C=O) groups is 2. The van der Waals surface area contributed by atoms with Gasteiger partial charge < -0.3 is 19.6 Å². The molecule has 0 atom stereocenters. The van der Waals surface area contributed by atoms with Crippen molar-refractivity contribution < 1.29 is 18.6 Å². The van der Waals surface area contributed by atoms with Crippen molar-refractivity contribution in [1.29, 1.82) is 0 Å². The lowest BCUT2D eigenvalue weighted by molar-refractivity contribution is -0.882. The zero-order valence-corrected chi connectivity index (χ0v) is 25.3. The smallest absolute Gasteiger partial charge is 0.275 e. The van der Waals surface area contributed by atoms with Crippen molar-refractivity contribution >= 4 is 11.8 Å². The molecule has 0 heterocycles. The number of amides is 2. The monoisotopic (exact) mass is 513 g/mol. The normalized spacial score (nSPS) is 12.1. The van der Waals surface area contributed by atoms with Gasteiger partial charge in [-0.15, -0.1) is 0 Å². The van der Waals surface area contributed by atoms with Crippen LogP contribution in [-0.2, 0) is 9.59 Å². The van der Waals surface area contributed by atoms with E-state index in [1.165, 1.54) is 103 Å². The van der Waals surface area contributed by atoms with Gasteiger partial charge in [0.2, 0.25) is 0 Å². The third-order valence-corrected chi connectivity index (χ3v) is 7.15. The Hall–Kier alpha value is -1.14. The summed E-state index contributed by atoms with van der Waals surface area (Å²) in [7, 11) is 8.54. The van der Waals surface area contributed by atoms with Gasteiger partial charge in [-0.3, -0.25) is 9.59 Å². The Morgan fingerprint density at radius 3 is 1.06 bits per heavy atom. The Balaban J connectivity index is 3.83. The maximum atomic E-state index is 12.4. The van der Waals surface area contributed by atoms with E-state index in [0.29, 0.717) is 26.2 Å². The van der Waals surface area contributed by atoms with Crippen molar-refractivity contribution in [3.63, 3.8) is 0 Å². The van der Waals surface area contributed by atoms with E-state index in [0.717, 1.165) is 22.1 Å². The Morgan fingerprint density at radius 1 is 0.472 bits per heavy atom. The highest BCUT2D eigenvalue weighted by atomic mass is 16.2. The van der Waals surface area contributed by atoms with E-state index < -0.39 is 0 Å². The van der Waals surface area contributed by atoms with Crippen molar-refractivity contribution in [3.05, 3.63) is 0 Å². The van der Waals surface area contributed by atoms with Crippen LogP contribution in [-0.4, -0.2) is 88.2 Å². The van der Waals surface area contributed by atoms with Crippen LogP contribution in [0.5, 0.6) is 0 Å². The summed E-state index contributed by atoms with van der Waals surface area (Å²) in [6.45, 7) is 8.55. The SMILES string of the molecule is CCCCCCCCCC[N+](C)(C)CC(=O)NCCNC(=O)C[N+](C)(C)CCCCCCCCCC. The van der Waals surface area contributed by atoms with Gasteiger partial charge in [0.25, 0.3) is 11.8 Å². The second-order valence-corrected chi connectivity index (χ2v) is 12.3. The summed E-state index contributed by atoms with van der Waals surface area (Å²) in [6, 6.07) is 0. The minimum absolute atomic E-state index is 0.0691. The fourth-order valence-electron chi connectivity index (χ4n) is 4.80. The molecule has 6 heteroatoms. The molecule has 2 amide bonds. The first kappa shape index (κ1) is 34.9. The van der Waals surface area contributed by atoms with E-state index in [9.17, 15) is 9.59 Å². The number of rotatable bonds is 25. The molecule has 0 bridgehead atoms. The lowest BCUT2D eigenvalue weighted by Crippen LogP contribution is -2.50. The molecule has 0 radical (unpaired) electrons. The third-order valence-electron chi connectivity index (χ3n) is 7.15. The molecular weight excluding hydrogens is 448 g/mol. The van der Waals surface area contributed by atoms with Gasteiger partial charge >= 0.3 is 0 Å². The zero-order valence-electron chi connectivity index (χ0n) is 25.3. The summed E-state index contributed by atoms with van der Waals surface area (Å²) in [5, 5.41) is 5.96. The van der Waals surface area contributed by atoms with Crippen molar-refractivity contribution in [3.8, 4) is 0 Å². The molecule has 2 N–H and O–H groups in total. The van der Waals surface area contributed by atoms with Crippen LogP contribution in [0.15, 0.2) is 0 Å². The largest absolute Gasteiger partial charge is 0.349 e. The van der Waals surface area contributed by atoms with Crippen molar-refractivity contribution in [2.75, 3.05) is 67.5 Å². The number of hydrogen-bond acceptors (Lipinski definition) is 2. The summed E-state index contributed by atoms with van der Waals surface area (Å²) >= 11 is 0. The lowest BCUT2D eigenvalue weighted by atomic mass is 10.1. The zero-order chi connectivity index (χ0) is 27.1. The summed E-state index contributed by atoms with van der Waals surface area (Å²) in [4.78, 5) is 24.7. The quantitative estimate of drug-likeness (QED) is 0.123. The summed E-state index contributed by atoms with van der Waals surface area (Å²) in [5.74, 6) is 0.138. The molecule has 0 aliphatic carbocycles. The molecule has 0 unspecified atom stereocenters. The van der Waals surface area contributed by atoms with Crippen LogP contribution >= 0.6 is 0 Å². The van der Waals surface area contributed by atoms with E-state index in [2.05, 4.69) is 52.7 Å². The van der Waals surface area contributed by atoms with Gasteiger partial charge in [0.1, 0.15) is 0 Å². The molecule has 0 fully saturated rings. The first-order valence-electron chi connectivity index (χ1n) is 15.3. The summed E-state index contributed by atoms with van der Waals surface area (Å²) < 4.78 is 1.44. The van der Waals surface area contributed by atoms with Gasteiger partial charge in [0, 0.05) is 13.1 Å². The van der Waals surface area contributed by atoms with E-state index in [1.54, 1.807) is 0 Å². The Bertz CT molecular complexity index is 501. The standard InChI is InChI=1S/C30H62N4O2/c1-7-9-11-13-15-17-19-21-25-33(3,4)27-29(35)31-23-24-32-30(36)28-34(5,6)26-22-20-18-16-14-12-10-8-2/h7-28H2,1-6H3/p+2. The third kappa shape index (κ3) is 23.3. The summed E-state index contributed by atoms with van der Waals surface area (Å²) in [6.07, 6.45) is 21.0. The molecule has 0 saturated heterocycles. The molecule has 214 valence electrons.